The first-order valence-corrected chi connectivity index (χ1v) is 8.05. The number of allylic oxidation sites excluding steroid dienone is 1. The van der Waals surface area contributed by atoms with Gasteiger partial charge in [0.1, 0.15) is 5.75 Å². The molecule has 0 bridgehead atoms. The molecule has 24 heavy (non-hydrogen) atoms. The molecule has 0 amide bonds. The SMILES string of the molecule is COc1ccc(C/C=C/c2c(C)c3ccccc3n(Cl)c2=O)cc1. The Labute approximate surface area is 145 Å². The number of aromatic nitrogens is 1. The van der Waals surface area contributed by atoms with Crippen LogP contribution in [0, 0.1) is 6.92 Å². The molecule has 0 unspecified atom stereocenters. The van der Waals surface area contributed by atoms with Gasteiger partial charge in [-0.2, -0.15) is 0 Å². The summed E-state index contributed by atoms with van der Waals surface area (Å²) in [5.74, 6) is 0.832. The minimum atomic E-state index is -0.196. The van der Waals surface area contributed by atoms with Crippen molar-refractivity contribution < 1.29 is 4.74 Å². The van der Waals surface area contributed by atoms with Crippen LogP contribution in [0.3, 0.4) is 0 Å². The third-order valence-electron chi connectivity index (χ3n) is 4.13. The van der Waals surface area contributed by atoms with Crippen molar-refractivity contribution in [1.29, 1.82) is 0 Å². The van der Waals surface area contributed by atoms with Crippen molar-refractivity contribution in [3.63, 3.8) is 0 Å². The van der Waals surface area contributed by atoms with E-state index in [0.717, 1.165) is 34.2 Å². The standard InChI is InChI=1S/C20H18ClNO2/c1-14-17-7-3-4-9-19(17)22(21)20(23)18(14)8-5-6-15-10-12-16(24-2)13-11-15/h3-5,7-13H,6H2,1-2H3/b8-5+. The largest absolute Gasteiger partial charge is 0.497 e. The number of fused-ring (bicyclic) bond motifs is 1. The molecule has 122 valence electrons. The maximum Gasteiger partial charge on any atom is 0.273 e. The Hall–Kier alpha value is -2.52. The van der Waals surface area contributed by atoms with Gasteiger partial charge in [0.15, 0.2) is 0 Å². The van der Waals surface area contributed by atoms with Gasteiger partial charge in [-0.05, 0) is 42.7 Å². The summed E-state index contributed by atoms with van der Waals surface area (Å²) in [6.45, 7) is 1.95. The molecule has 0 N–H and O–H groups in total. The van der Waals surface area contributed by atoms with E-state index >= 15 is 0 Å². The summed E-state index contributed by atoms with van der Waals surface area (Å²) < 4.78 is 6.34. The van der Waals surface area contributed by atoms with E-state index in [2.05, 4.69) is 0 Å². The lowest BCUT2D eigenvalue weighted by Crippen LogP contribution is -2.17. The molecule has 2 aromatic carbocycles. The first-order valence-electron chi connectivity index (χ1n) is 7.72. The summed E-state index contributed by atoms with van der Waals surface area (Å²) in [6.07, 6.45) is 4.57. The number of rotatable bonds is 4. The number of para-hydroxylation sites is 1. The van der Waals surface area contributed by atoms with E-state index < -0.39 is 0 Å². The summed E-state index contributed by atoms with van der Waals surface area (Å²) in [5.41, 5.74) is 3.25. The molecule has 3 nitrogen and oxygen atoms in total. The monoisotopic (exact) mass is 339 g/mol. The number of hydrogen-bond acceptors (Lipinski definition) is 2. The van der Waals surface area contributed by atoms with Crippen LogP contribution in [0.15, 0.2) is 59.4 Å². The molecule has 1 heterocycles. The van der Waals surface area contributed by atoms with Crippen LogP contribution in [0.5, 0.6) is 5.75 Å². The summed E-state index contributed by atoms with van der Waals surface area (Å²) in [7, 11) is 1.65. The maximum absolute atomic E-state index is 12.5. The fourth-order valence-electron chi connectivity index (χ4n) is 2.75. The Kier molecular flexibility index (Phi) is 4.72. The second kappa shape index (κ2) is 6.93. The van der Waals surface area contributed by atoms with Crippen LogP contribution < -0.4 is 10.3 Å². The normalized spacial score (nSPS) is 11.3. The molecule has 0 saturated heterocycles. The van der Waals surface area contributed by atoms with Crippen LogP contribution in [0.2, 0.25) is 0 Å². The van der Waals surface area contributed by atoms with Gasteiger partial charge in [0.2, 0.25) is 0 Å². The summed E-state index contributed by atoms with van der Waals surface area (Å²) in [6, 6.07) is 15.5. The molecule has 0 aliphatic heterocycles. The van der Waals surface area contributed by atoms with Crippen molar-refractivity contribution in [3.8, 4) is 5.75 Å². The Balaban J connectivity index is 1.93. The van der Waals surface area contributed by atoms with E-state index in [1.54, 1.807) is 7.11 Å². The highest BCUT2D eigenvalue weighted by atomic mass is 35.5. The number of ether oxygens (including phenoxy) is 1. The quantitative estimate of drug-likeness (QED) is 0.697. The van der Waals surface area contributed by atoms with Crippen molar-refractivity contribution in [3.05, 3.63) is 81.7 Å². The zero-order valence-electron chi connectivity index (χ0n) is 13.6. The number of aryl methyl sites for hydroxylation is 1. The molecule has 3 rings (SSSR count). The Morgan fingerprint density at radius 1 is 1.12 bits per heavy atom. The molecule has 0 saturated carbocycles. The van der Waals surface area contributed by atoms with E-state index in [-0.39, 0.29) is 5.56 Å². The highest BCUT2D eigenvalue weighted by molar-refractivity contribution is 6.19. The molecular weight excluding hydrogens is 322 g/mol. The number of hydrogen-bond donors (Lipinski definition) is 0. The molecule has 3 aromatic rings. The molecule has 1 aromatic heterocycles. The van der Waals surface area contributed by atoms with Crippen molar-refractivity contribution in [2.24, 2.45) is 0 Å². The van der Waals surface area contributed by atoms with Crippen LogP contribution in [-0.4, -0.2) is 11.2 Å². The van der Waals surface area contributed by atoms with Crippen LogP contribution >= 0.6 is 11.8 Å². The average Bonchev–Trinajstić information content (AvgIpc) is 2.63. The smallest absolute Gasteiger partial charge is 0.273 e. The Bertz CT molecular complexity index is 956. The van der Waals surface area contributed by atoms with Crippen molar-refractivity contribution in [2.75, 3.05) is 7.11 Å². The van der Waals surface area contributed by atoms with E-state index in [1.807, 2.05) is 67.6 Å². The molecule has 0 spiro atoms. The Morgan fingerprint density at radius 3 is 2.54 bits per heavy atom. The molecule has 0 aliphatic rings. The van der Waals surface area contributed by atoms with Crippen LogP contribution in [0.25, 0.3) is 17.0 Å². The Morgan fingerprint density at radius 2 is 1.83 bits per heavy atom. The molecule has 0 aliphatic carbocycles. The van der Waals surface area contributed by atoms with E-state index in [0.29, 0.717) is 5.56 Å². The zero-order chi connectivity index (χ0) is 17.1. The van der Waals surface area contributed by atoms with E-state index in [9.17, 15) is 4.79 Å². The molecule has 4 heteroatoms. The topological polar surface area (TPSA) is 31.2 Å². The third-order valence-corrected chi connectivity index (χ3v) is 4.47. The van der Waals surface area contributed by atoms with Crippen LogP contribution in [-0.2, 0) is 6.42 Å². The first-order chi connectivity index (χ1) is 11.6. The van der Waals surface area contributed by atoms with Gasteiger partial charge in [-0.1, -0.05) is 42.5 Å². The van der Waals surface area contributed by atoms with Crippen molar-refractivity contribution in [1.82, 2.24) is 4.09 Å². The third kappa shape index (κ3) is 3.08. The number of methoxy groups -OCH3 is 1. The predicted molar refractivity (Wildman–Crippen MR) is 99.9 cm³/mol. The summed E-state index contributed by atoms with van der Waals surface area (Å²) in [5, 5.41) is 0.983. The van der Waals surface area contributed by atoms with Gasteiger partial charge in [0.05, 0.1) is 12.6 Å². The summed E-state index contributed by atoms with van der Waals surface area (Å²) in [4.78, 5) is 12.5. The summed E-state index contributed by atoms with van der Waals surface area (Å²) >= 11 is 6.19. The van der Waals surface area contributed by atoms with Gasteiger partial charge in [-0.3, -0.25) is 4.79 Å². The fourth-order valence-corrected chi connectivity index (χ4v) is 2.99. The number of halogens is 1. The first kappa shape index (κ1) is 16.3. The maximum atomic E-state index is 12.5. The van der Waals surface area contributed by atoms with Gasteiger partial charge in [-0.25, -0.2) is 4.09 Å². The highest BCUT2D eigenvalue weighted by Gasteiger charge is 2.10. The van der Waals surface area contributed by atoms with Gasteiger partial charge < -0.3 is 4.74 Å². The van der Waals surface area contributed by atoms with Gasteiger partial charge in [0, 0.05) is 22.7 Å². The van der Waals surface area contributed by atoms with Crippen LogP contribution in [0.4, 0.5) is 0 Å². The molecular formula is C20H18ClNO2. The zero-order valence-corrected chi connectivity index (χ0v) is 14.4. The predicted octanol–water partition coefficient (Wildman–Crippen LogP) is 4.58. The van der Waals surface area contributed by atoms with Gasteiger partial charge in [0.25, 0.3) is 5.56 Å². The van der Waals surface area contributed by atoms with E-state index in [1.165, 1.54) is 4.09 Å². The second-order valence-corrected chi connectivity index (χ2v) is 5.93. The second-order valence-electron chi connectivity index (χ2n) is 5.60. The number of pyridine rings is 1. The highest BCUT2D eigenvalue weighted by Crippen LogP contribution is 2.21. The average molecular weight is 340 g/mol. The number of nitrogens with zero attached hydrogens (tertiary/aromatic N) is 1. The van der Waals surface area contributed by atoms with Crippen molar-refractivity contribution >= 4 is 28.8 Å². The minimum absolute atomic E-state index is 0.196. The van der Waals surface area contributed by atoms with Crippen molar-refractivity contribution in [2.45, 2.75) is 13.3 Å². The van der Waals surface area contributed by atoms with E-state index in [4.69, 9.17) is 16.5 Å². The lowest BCUT2D eigenvalue weighted by atomic mass is 10.0. The number of benzene rings is 2. The van der Waals surface area contributed by atoms with Gasteiger partial charge in [-0.15, -0.1) is 0 Å². The molecule has 0 fully saturated rings. The molecule has 0 radical (unpaired) electrons. The minimum Gasteiger partial charge on any atom is -0.497 e. The van der Waals surface area contributed by atoms with Crippen LogP contribution in [0.1, 0.15) is 16.7 Å². The molecule has 0 atom stereocenters. The lowest BCUT2D eigenvalue weighted by molar-refractivity contribution is 0.414. The van der Waals surface area contributed by atoms with Gasteiger partial charge >= 0.3 is 0 Å². The fraction of sp³-hybridized carbons (Fsp3) is 0.150. The lowest BCUT2D eigenvalue weighted by Gasteiger charge is -2.08.